The summed E-state index contributed by atoms with van der Waals surface area (Å²) in [5.74, 6) is -0.932. The number of amides is 2. The Morgan fingerprint density at radius 1 is 1.11 bits per heavy atom. The molecule has 5 rings (SSSR count). The van der Waals surface area contributed by atoms with Crippen LogP contribution in [0.3, 0.4) is 0 Å². The van der Waals surface area contributed by atoms with E-state index < -0.39 is 39.7 Å². The Bertz CT molecular complexity index is 1380. The zero-order chi connectivity index (χ0) is 26.0. The van der Waals surface area contributed by atoms with Crippen LogP contribution >= 0.6 is 0 Å². The van der Waals surface area contributed by atoms with Gasteiger partial charge in [0, 0.05) is 18.1 Å². The van der Waals surface area contributed by atoms with E-state index in [2.05, 4.69) is 15.6 Å². The number of ketones is 1. The van der Waals surface area contributed by atoms with Crippen molar-refractivity contribution < 1.29 is 27.2 Å². The molecule has 2 aromatic heterocycles. The van der Waals surface area contributed by atoms with Gasteiger partial charge in [-0.2, -0.15) is 4.31 Å². The van der Waals surface area contributed by atoms with Crippen molar-refractivity contribution in [2.45, 2.75) is 49.2 Å². The molecule has 0 radical (unpaired) electrons. The standard InChI is InChI=1S/C26H28N4O6S/c31-21-16-30(37(34,35)24-9-3-4-12-27-24)13-5-7-19(21)28-25(32)20(14-17-10-11-17)29-26(33)23-15-18-6-1-2-8-22(18)36-23/h1-4,6,8-9,12,15,17,19-20H,5,7,10-11,13-14,16H2,(H,28,32)(H,29,33)/t19?,20-/m0/s1. The van der Waals surface area contributed by atoms with Crippen LogP contribution < -0.4 is 10.6 Å². The fourth-order valence-corrected chi connectivity index (χ4v) is 5.88. The van der Waals surface area contributed by atoms with Gasteiger partial charge in [-0.25, -0.2) is 13.4 Å². The number of hydrogen-bond donors (Lipinski definition) is 2. The van der Waals surface area contributed by atoms with Crippen molar-refractivity contribution in [3.8, 4) is 0 Å². The van der Waals surface area contributed by atoms with Crippen LogP contribution in [0, 0.1) is 5.92 Å². The molecule has 2 aliphatic rings. The number of hydrogen-bond acceptors (Lipinski definition) is 7. The SMILES string of the molecule is O=C(N[C@@H](CC1CC1)C(=O)NC1CCCN(S(=O)(=O)c2ccccn2)CC1=O)c1cc2ccccc2o1. The molecule has 1 saturated heterocycles. The number of rotatable bonds is 8. The minimum absolute atomic E-state index is 0.107. The Morgan fingerprint density at radius 3 is 2.62 bits per heavy atom. The lowest BCUT2D eigenvalue weighted by Gasteiger charge is -2.22. The number of furan rings is 1. The van der Waals surface area contributed by atoms with Crippen molar-refractivity contribution >= 4 is 38.6 Å². The van der Waals surface area contributed by atoms with Crippen LogP contribution in [0.5, 0.6) is 0 Å². The van der Waals surface area contributed by atoms with Gasteiger partial charge in [0.2, 0.25) is 5.91 Å². The van der Waals surface area contributed by atoms with Gasteiger partial charge in [0.05, 0.1) is 12.6 Å². The van der Waals surface area contributed by atoms with Gasteiger partial charge < -0.3 is 15.1 Å². The first kappa shape index (κ1) is 25.1. The zero-order valence-corrected chi connectivity index (χ0v) is 20.9. The van der Waals surface area contributed by atoms with E-state index in [1.165, 1.54) is 12.3 Å². The second-order valence-corrected chi connectivity index (χ2v) is 11.4. The minimum atomic E-state index is -3.93. The van der Waals surface area contributed by atoms with Gasteiger partial charge in [-0.05, 0) is 49.4 Å². The number of nitrogens with one attached hydrogen (secondary N) is 2. The lowest BCUT2D eigenvalue weighted by atomic mass is 10.1. The van der Waals surface area contributed by atoms with Crippen molar-refractivity contribution in [2.75, 3.05) is 13.1 Å². The molecule has 1 aliphatic heterocycles. The monoisotopic (exact) mass is 524 g/mol. The highest BCUT2D eigenvalue weighted by molar-refractivity contribution is 7.89. The Hall–Kier alpha value is -3.57. The molecule has 1 aliphatic carbocycles. The summed E-state index contributed by atoms with van der Waals surface area (Å²) in [4.78, 5) is 43.0. The molecule has 1 saturated carbocycles. The topological polar surface area (TPSA) is 139 Å². The molecular weight excluding hydrogens is 496 g/mol. The second kappa shape index (κ2) is 10.4. The molecule has 2 N–H and O–H groups in total. The van der Waals surface area contributed by atoms with Gasteiger partial charge in [0.15, 0.2) is 16.6 Å². The molecule has 3 heterocycles. The molecule has 2 fully saturated rings. The Labute approximate surface area is 214 Å². The smallest absolute Gasteiger partial charge is 0.287 e. The summed E-state index contributed by atoms with van der Waals surface area (Å²) < 4.78 is 32.6. The molecule has 11 heteroatoms. The van der Waals surface area contributed by atoms with Crippen molar-refractivity contribution in [3.05, 3.63) is 60.5 Å². The van der Waals surface area contributed by atoms with E-state index in [1.54, 1.807) is 24.3 Å². The number of aromatic nitrogens is 1. The Kier molecular flexibility index (Phi) is 7.07. The van der Waals surface area contributed by atoms with E-state index in [4.69, 9.17) is 4.42 Å². The highest BCUT2D eigenvalue weighted by Crippen LogP contribution is 2.33. The van der Waals surface area contributed by atoms with E-state index in [9.17, 15) is 22.8 Å². The van der Waals surface area contributed by atoms with Gasteiger partial charge in [-0.1, -0.05) is 37.1 Å². The number of benzene rings is 1. The third kappa shape index (κ3) is 5.72. The maximum absolute atomic E-state index is 13.2. The lowest BCUT2D eigenvalue weighted by molar-refractivity contribution is -0.128. The number of para-hydroxylation sites is 1. The highest BCUT2D eigenvalue weighted by Gasteiger charge is 2.36. The second-order valence-electron chi connectivity index (χ2n) is 9.53. The molecule has 10 nitrogen and oxygen atoms in total. The molecule has 2 atom stereocenters. The Morgan fingerprint density at radius 2 is 1.89 bits per heavy atom. The molecule has 37 heavy (non-hydrogen) atoms. The first-order chi connectivity index (χ1) is 17.8. The third-order valence-electron chi connectivity index (χ3n) is 6.72. The minimum Gasteiger partial charge on any atom is -0.451 e. The normalized spacial score (nSPS) is 19.8. The van der Waals surface area contributed by atoms with Crippen molar-refractivity contribution in [1.29, 1.82) is 0 Å². The predicted molar refractivity (Wildman–Crippen MR) is 134 cm³/mol. The number of sulfonamides is 1. The maximum atomic E-state index is 13.2. The zero-order valence-electron chi connectivity index (χ0n) is 20.1. The van der Waals surface area contributed by atoms with E-state index in [1.807, 2.05) is 18.2 Å². The van der Waals surface area contributed by atoms with Gasteiger partial charge in [-0.15, -0.1) is 0 Å². The van der Waals surface area contributed by atoms with E-state index in [-0.39, 0.29) is 23.9 Å². The quantitative estimate of drug-likeness (QED) is 0.461. The van der Waals surface area contributed by atoms with Crippen molar-refractivity contribution in [3.63, 3.8) is 0 Å². The highest BCUT2D eigenvalue weighted by atomic mass is 32.2. The van der Waals surface area contributed by atoms with Crippen LogP contribution in [0.1, 0.15) is 42.7 Å². The molecule has 2 amide bonds. The third-order valence-corrected chi connectivity index (χ3v) is 8.48. The lowest BCUT2D eigenvalue weighted by Crippen LogP contribution is -2.52. The summed E-state index contributed by atoms with van der Waals surface area (Å²) in [7, 11) is -3.93. The summed E-state index contributed by atoms with van der Waals surface area (Å²) in [6.45, 7) is -0.214. The molecule has 0 spiro atoms. The number of pyridine rings is 1. The summed E-state index contributed by atoms with van der Waals surface area (Å²) in [5.41, 5.74) is 0.574. The van der Waals surface area contributed by atoms with E-state index in [0.717, 1.165) is 22.5 Å². The van der Waals surface area contributed by atoms with Gasteiger partial charge in [-0.3, -0.25) is 14.4 Å². The fourth-order valence-electron chi connectivity index (χ4n) is 4.50. The number of Topliss-reactive ketones (excluding diaryl/α,β-unsaturated/α-hetero) is 1. The Balaban J connectivity index is 1.25. The summed E-state index contributed by atoms with van der Waals surface area (Å²) in [6.07, 6.45) is 4.49. The average molecular weight is 525 g/mol. The van der Waals surface area contributed by atoms with Gasteiger partial charge in [0.1, 0.15) is 11.6 Å². The average Bonchev–Trinajstić information content (AvgIpc) is 3.64. The number of fused-ring (bicyclic) bond motifs is 1. The van der Waals surface area contributed by atoms with Gasteiger partial charge >= 0.3 is 0 Å². The molecule has 1 unspecified atom stereocenters. The van der Waals surface area contributed by atoms with Crippen LogP contribution in [-0.2, 0) is 19.6 Å². The van der Waals surface area contributed by atoms with Crippen LogP contribution in [-0.4, -0.2) is 60.5 Å². The van der Waals surface area contributed by atoms with Crippen LogP contribution in [0.25, 0.3) is 11.0 Å². The van der Waals surface area contributed by atoms with Crippen molar-refractivity contribution in [1.82, 2.24) is 19.9 Å². The van der Waals surface area contributed by atoms with Crippen LogP contribution in [0.15, 0.2) is 64.2 Å². The first-order valence-corrected chi connectivity index (χ1v) is 13.8. The largest absolute Gasteiger partial charge is 0.451 e. The number of carbonyl (C=O) groups is 3. The van der Waals surface area contributed by atoms with Crippen LogP contribution in [0.2, 0.25) is 0 Å². The van der Waals surface area contributed by atoms with E-state index in [0.29, 0.717) is 30.8 Å². The maximum Gasteiger partial charge on any atom is 0.287 e. The molecule has 194 valence electrons. The molecule has 1 aromatic carbocycles. The summed E-state index contributed by atoms with van der Waals surface area (Å²) in [6, 6.07) is 11.8. The van der Waals surface area contributed by atoms with Gasteiger partial charge in [0.25, 0.3) is 15.9 Å². The molecule has 3 aromatic rings. The number of carbonyl (C=O) groups excluding carboxylic acids is 3. The first-order valence-electron chi connectivity index (χ1n) is 12.3. The van der Waals surface area contributed by atoms with Crippen molar-refractivity contribution in [2.24, 2.45) is 5.92 Å². The fraction of sp³-hybridized carbons (Fsp3) is 0.385. The summed E-state index contributed by atoms with van der Waals surface area (Å²) >= 11 is 0. The number of nitrogens with zero attached hydrogens (tertiary/aromatic N) is 2. The van der Waals surface area contributed by atoms with Crippen LogP contribution in [0.4, 0.5) is 0 Å². The summed E-state index contributed by atoms with van der Waals surface area (Å²) in [5, 5.41) is 6.20. The molecular formula is C26H28N4O6S. The molecule has 0 bridgehead atoms. The predicted octanol–water partition coefficient (Wildman–Crippen LogP) is 2.26. The van der Waals surface area contributed by atoms with E-state index >= 15 is 0 Å².